The molecule has 2 heterocycles. The molecule has 0 aliphatic carbocycles. The third kappa shape index (κ3) is 2.99. The molecule has 0 aliphatic rings. The fourth-order valence-electron chi connectivity index (χ4n) is 1.99. The van der Waals surface area contributed by atoms with Gasteiger partial charge < -0.3 is 14.6 Å². The predicted octanol–water partition coefficient (Wildman–Crippen LogP) is 2.11. The van der Waals surface area contributed by atoms with Crippen molar-refractivity contribution in [3.05, 3.63) is 52.9 Å². The largest absolute Gasteiger partial charge is 0.497 e. The summed E-state index contributed by atoms with van der Waals surface area (Å²) in [4.78, 5) is 27.9. The number of amides is 1. The number of ether oxygens (including phenoxy) is 1. The Morgan fingerprint density at radius 2 is 2.23 bits per heavy atom. The molecule has 0 fully saturated rings. The van der Waals surface area contributed by atoms with Gasteiger partial charge in [0.05, 0.1) is 17.3 Å². The van der Waals surface area contributed by atoms with Crippen molar-refractivity contribution in [1.29, 1.82) is 0 Å². The number of thiazole rings is 1. The van der Waals surface area contributed by atoms with Gasteiger partial charge in [-0.25, -0.2) is 4.98 Å². The van der Waals surface area contributed by atoms with E-state index in [1.54, 1.807) is 25.4 Å². The number of hydrogen-bond acceptors (Lipinski definition) is 5. The Kier molecular flexibility index (Phi) is 3.88. The lowest BCUT2D eigenvalue weighted by Gasteiger charge is -2.04. The highest BCUT2D eigenvalue weighted by molar-refractivity contribution is 7.22. The number of benzene rings is 1. The summed E-state index contributed by atoms with van der Waals surface area (Å²) in [5, 5.41) is 3.21. The van der Waals surface area contributed by atoms with Crippen LogP contribution < -0.4 is 15.6 Å². The molecule has 22 heavy (non-hydrogen) atoms. The molecule has 0 radical (unpaired) electrons. The van der Waals surface area contributed by atoms with Crippen LogP contribution in [0.3, 0.4) is 0 Å². The van der Waals surface area contributed by atoms with E-state index < -0.39 is 0 Å². The number of carbonyl (C=O) groups excluding carboxylic acids is 1. The predicted molar refractivity (Wildman–Crippen MR) is 85.5 cm³/mol. The average molecular weight is 315 g/mol. The van der Waals surface area contributed by atoms with Gasteiger partial charge in [-0.05, 0) is 24.3 Å². The van der Waals surface area contributed by atoms with Crippen LogP contribution in [0.15, 0.2) is 47.4 Å². The van der Waals surface area contributed by atoms with E-state index in [0.717, 1.165) is 16.0 Å². The monoisotopic (exact) mass is 315 g/mol. The van der Waals surface area contributed by atoms with Crippen LogP contribution in [0, 0.1) is 0 Å². The van der Waals surface area contributed by atoms with Gasteiger partial charge in [0, 0.05) is 12.3 Å². The standard InChI is InChI=1S/C15H13N3O3S/c1-21-10-5-6-11-12(8-10)22-15(16-11)17-13(19)9-18-7-3-2-4-14(18)20/h2-8H,9H2,1H3,(H,16,17,19). The van der Waals surface area contributed by atoms with Crippen LogP contribution in [0.2, 0.25) is 0 Å². The number of carbonyl (C=O) groups is 1. The number of nitrogens with one attached hydrogen (secondary N) is 1. The van der Waals surface area contributed by atoms with Crippen molar-refractivity contribution in [3.8, 4) is 5.75 Å². The Hall–Kier alpha value is -2.67. The second-order valence-electron chi connectivity index (χ2n) is 4.57. The maximum atomic E-state index is 12.0. The lowest BCUT2D eigenvalue weighted by atomic mass is 10.3. The molecule has 0 bridgehead atoms. The van der Waals surface area contributed by atoms with Crippen molar-refractivity contribution < 1.29 is 9.53 Å². The molecule has 6 nitrogen and oxygen atoms in total. The molecule has 1 aromatic carbocycles. The van der Waals surface area contributed by atoms with E-state index in [4.69, 9.17) is 4.74 Å². The van der Waals surface area contributed by atoms with Crippen molar-refractivity contribution in [2.75, 3.05) is 12.4 Å². The Balaban J connectivity index is 1.76. The number of rotatable bonds is 4. The summed E-state index contributed by atoms with van der Waals surface area (Å²) in [6.07, 6.45) is 1.57. The molecule has 0 spiro atoms. The fourth-order valence-corrected chi connectivity index (χ4v) is 2.90. The summed E-state index contributed by atoms with van der Waals surface area (Å²) in [5.74, 6) is 0.448. The zero-order valence-corrected chi connectivity index (χ0v) is 12.6. The third-order valence-electron chi connectivity index (χ3n) is 3.05. The molecule has 112 valence electrons. The topological polar surface area (TPSA) is 73.2 Å². The van der Waals surface area contributed by atoms with E-state index in [-0.39, 0.29) is 18.0 Å². The van der Waals surface area contributed by atoms with Gasteiger partial charge >= 0.3 is 0 Å². The summed E-state index contributed by atoms with van der Waals surface area (Å²) in [6.45, 7) is -0.0427. The van der Waals surface area contributed by atoms with Gasteiger partial charge in [0.2, 0.25) is 5.91 Å². The summed E-state index contributed by atoms with van der Waals surface area (Å²) in [7, 11) is 1.60. The van der Waals surface area contributed by atoms with Gasteiger partial charge in [0.15, 0.2) is 5.13 Å². The summed E-state index contributed by atoms with van der Waals surface area (Å²) >= 11 is 1.36. The van der Waals surface area contributed by atoms with Gasteiger partial charge in [-0.3, -0.25) is 9.59 Å². The maximum absolute atomic E-state index is 12.0. The van der Waals surface area contributed by atoms with Crippen molar-refractivity contribution in [2.45, 2.75) is 6.54 Å². The maximum Gasteiger partial charge on any atom is 0.250 e. The Morgan fingerprint density at radius 3 is 3.00 bits per heavy atom. The summed E-state index contributed by atoms with van der Waals surface area (Å²) < 4.78 is 7.42. The molecule has 0 unspecified atom stereocenters. The van der Waals surface area contributed by atoms with Gasteiger partial charge in [-0.1, -0.05) is 17.4 Å². The highest BCUT2D eigenvalue weighted by Gasteiger charge is 2.09. The molecule has 3 rings (SSSR count). The number of methoxy groups -OCH3 is 1. The van der Waals surface area contributed by atoms with Crippen LogP contribution in [-0.4, -0.2) is 22.6 Å². The molecular weight excluding hydrogens is 302 g/mol. The molecule has 2 aromatic heterocycles. The van der Waals surface area contributed by atoms with Crippen molar-refractivity contribution >= 4 is 32.6 Å². The molecule has 0 saturated carbocycles. The minimum Gasteiger partial charge on any atom is -0.497 e. The van der Waals surface area contributed by atoms with E-state index >= 15 is 0 Å². The van der Waals surface area contributed by atoms with Crippen LogP contribution in [0.4, 0.5) is 5.13 Å². The van der Waals surface area contributed by atoms with E-state index in [2.05, 4.69) is 10.3 Å². The molecule has 0 aliphatic heterocycles. The van der Waals surface area contributed by atoms with E-state index in [1.165, 1.54) is 22.0 Å². The highest BCUT2D eigenvalue weighted by Crippen LogP contribution is 2.29. The number of aromatic nitrogens is 2. The van der Waals surface area contributed by atoms with Gasteiger partial charge in [-0.2, -0.15) is 0 Å². The summed E-state index contributed by atoms with van der Waals surface area (Å²) in [6, 6.07) is 10.3. The zero-order valence-electron chi connectivity index (χ0n) is 11.8. The third-order valence-corrected chi connectivity index (χ3v) is 3.99. The molecule has 7 heteroatoms. The second kappa shape index (κ2) is 5.98. The first kappa shape index (κ1) is 14.3. The molecule has 1 N–H and O–H groups in total. The highest BCUT2D eigenvalue weighted by atomic mass is 32.1. The van der Waals surface area contributed by atoms with Crippen LogP contribution in [0.1, 0.15) is 0 Å². The number of anilines is 1. The van der Waals surface area contributed by atoms with Gasteiger partial charge in [-0.15, -0.1) is 0 Å². The van der Waals surface area contributed by atoms with Crippen LogP contribution in [0.25, 0.3) is 10.2 Å². The number of pyridine rings is 1. The second-order valence-corrected chi connectivity index (χ2v) is 5.60. The molecule has 0 atom stereocenters. The molecule has 3 aromatic rings. The normalized spacial score (nSPS) is 10.6. The van der Waals surface area contributed by atoms with Gasteiger partial charge in [0.1, 0.15) is 12.3 Å². The van der Waals surface area contributed by atoms with Crippen molar-refractivity contribution in [2.24, 2.45) is 0 Å². The first-order valence-electron chi connectivity index (χ1n) is 6.55. The number of fused-ring (bicyclic) bond motifs is 1. The fraction of sp³-hybridized carbons (Fsp3) is 0.133. The Labute approximate surface area is 130 Å². The minimum absolute atomic E-state index is 0.0427. The molecule has 1 amide bonds. The minimum atomic E-state index is -0.292. The number of nitrogens with zero attached hydrogens (tertiary/aromatic N) is 2. The zero-order chi connectivity index (χ0) is 15.5. The number of hydrogen-bond donors (Lipinski definition) is 1. The van der Waals surface area contributed by atoms with Crippen molar-refractivity contribution in [1.82, 2.24) is 9.55 Å². The smallest absolute Gasteiger partial charge is 0.250 e. The van der Waals surface area contributed by atoms with E-state index in [1.807, 2.05) is 18.2 Å². The molecule has 0 saturated heterocycles. The first-order chi connectivity index (χ1) is 10.7. The van der Waals surface area contributed by atoms with Crippen LogP contribution >= 0.6 is 11.3 Å². The lowest BCUT2D eigenvalue weighted by Crippen LogP contribution is -2.26. The van der Waals surface area contributed by atoms with Crippen molar-refractivity contribution in [3.63, 3.8) is 0 Å². The Morgan fingerprint density at radius 1 is 1.36 bits per heavy atom. The average Bonchev–Trinajstić information content (AvgIpc) is 2.90. The van der Waals surface area contributed by atoms with Crippen LogP contribution in [0.5, 0.6) is 5.75 Å². The SMILES string of the molecule is COc1ccc2nc(NC(=O)Cn3ccccc3=O)sc2c1. The van der Waals surface area contributed by atoms with E-state index in [9.17, 15) is 9.59 Å². The van der Waals surface area contributed by atoms with E-state index in [0.29, 0.717) is 5.13 Å². The first-order valence-corrected chi connectivity index (χ1v) is 7.37. The lowest BCUT2D eigenvalue weighted by molar-refractivity contribution is -0.116. The summed E-state index contributed by atoms with van der Waals surface area (Å²) in [5.41, 5.74) is 0.574. The molecular formula is C15H13N3O3S. The quantitative estimate of drug-likeness (QED) is 0.800. The van der Waals surface area contributed by atoms with Crippen LogP contribution in [-0.2, 0) is 11.3 Å². The Bertz CT molecular complexity index is 885. The van der Waals surface area contributed by atoms with Gasteiger partial charge in [0.25, 0.3) is 5.56 Å².